The second-order valence-corrected chi connectivity index (χ2v) is 5.48. The van der Waals surface area contributed by atoms with Crippen molar-refractivity contribution in [3.63, 3.8) is 0 Å². The number of pyridine rings is 1. The summed E-state index contributed by atoms with van der Waals surface area (Å²) >= 11 is 9.44. The van der Waals surface area contributed by atoms with Gasteiger partial charge >= 0.3 is 0 Å². The van der Waals surface area contributed by atoms with Gasteiger partial charge in [-0.3, -0.25) is 4.68 Å². The van der Waals surface area contributed by atoms with E-state index in [-0.39, 0.29) is 6.04 Å². The van der Waals surface area contributed by atoms with Crippen molar-refractivity contribution in [3.8, 4) is 0 Å². The Hall–Kier alpha value is -1.07. The van der Waals surface area contributed by atoms with Gasteiger partial charge in [-0.25, -0.2) is 4.98 Å². The number of aryl methyl sites for hydroxylation is 2. The third kappa shape index (κ3) is 2.84. The molecule has 4 nitrogen and oxygen atoms in total. The molecule has 6 heteroatoms. The first-order valence-electron chi connectivity index (χ1n) is 5.55. The fourth-order valence-electron chi connectivity index (χ4n) is 1.88. The summed E-state index contributed by atoms with van der Waals surface area (Å²) in [4.78, 5) is 4.09. The zero-order valence-corrected chi connectivity index (χ0v) is 12.7. The van der Waals surface area contributed by atoms with E-state index in [1.807, 2.05) is 30.9 Å². The van der Waals surface area contributed by atoms with Gasteiger partial charge in [-0.2, -0.15) is 5.10 Å². The molecular formula is C12H14BrClN4. The second kappa shape index (κ2) is 5.28. The fourth-order valence-corrected chi connectivity index (χ4v) is 2.37. The van der Waals surface area contributed by atoms with Crippen LogP contribution in [0, 0.1) is 6.92 Å². The van der Waals surface area contributed by atoms with Crippen LogP contribution in [-0.2, 0) is 7.05 Å². The van der Waals surface area contributed by atoms with Gasteiger partial charge in [0, 0.05) is 29.5 Å². The molecule has 0 aliphatic heterocycles. The molecule has 0 spiro atoms. The average molecular weight is 330 g/mol. The van der Waals surface area contributed by atoms with Gasteiger partial charge in [-0.05, 0) is 35.8 Å². The molecule has 0 amide bonds. The van der Waals surface area contributed by atoms with Crippen LogP contribution >= 0.6 is 27.5 Å². The van der Waals surface area contributed by atoms with E-state index in [2.05, 4.69) is 38.3 Å². The lowest BCUT2D eigenvalue weighted by atomic mass is 10.1. The Balaban J connectivity index is 2.23. The highest BCUT2D eigenvalue weighted by atomic mass is 79.9. The molecule has 18 heavy (non-hydrogen) atoms. The first-order chi connectivity index (χ1) is 8.47. The predicted octanol–water partition coefficient (Wildman–Crippen LogP) is 3.71. The van der Waals surface area contributed by atoms with Crippen LogP contribution in [-0.4, -0.2) is 14.8 Å². The lowest BCUT2D eigenvalue weighted by molar-refractivity contribution is 0.756. The first-order valence-corrected chi connectivity index (χ1v) is 6.72. The normalized spacial score (nSPS) is 12.5. The SMILES string of the molecule is Cc1nn(C)cc1C(C)Nc1cc(Br)cnc1Cl. The Morgan fingerprint density at radius 2 is 2.22 bits per heavy atom. The van der Waals surface area contributed by atoms with Crippen molar-refractivity contribution in [3.05, 3.63) is 39.3 Å². The van der Waals surface area contributed by atoms with E-state index < -0.39 is 0 Å². The Morgan fingerprint density at radius 3 is 2.83 bits per heavy atom. The quantitative estimate of drug-likeness (QED) is 0.873. The molecule has 1 N–H and O–H groups in total. The highest BCUT2D eigenvalue weighted by Crippen LogP contribution is 2.27. The van der Waals surface area contributed by atoms with E-state index in [1.54, 1.807) is 6.20 Å². The summed E-state index contributed by atoms with van der Waals surface area (Å²) in [5, 5.41) is 8.14. The maximum atomic E-state index is 6.06. The number of nitrogens with one attached hydrogen (secondary N) is 1. The van der Waals surface area contributed by atoms with E-state index in [4.69, 9.17) is 11.6 Å². The van der Waals surface area contributed by atoms with Gasteiger partial charge in [0.1, 0.15) is 0 Å². The molecule has 0 radical (unpaired) electrons. The standard InChI is InChI=1S/C12H14BrClN4/c1-7(10-6-18(3)17-8(10)2)16-11-4-9(13)5-15-12(11)14/h4-7,16H,1-3H3. The van der Waals surface area contributed by atoms with Crippen molar-refractivity contribution in [1.82, 2.24) is 14.8 Å². The van der Waals surface area contributed by atoms with Crippen molar-refractivity contribution in [1.29, 1.82) is 0 Å². The molecule has 0 fully saturated rings. The van der Waals surface area contributed by atoms with Gasteiger partial charge < -0.3 is 5.32 Å². The van der Waals surface area contributed by atoms with Crippen LogP contribution in [0.15, 0.2) is 22.9 Å². The van der Waals surface area contributed by atoms with Crippen molar-refractivity contribution in [2.75, 3.05) is 5.32 Å². The molecule has 1 unspecified atom stereocenters. The highest BCUT2D eigenvalue weighted by Gasteiger charge is 2.13. The van der Waals surface area contributed by atoms with Gasteiger partial charge in [-0.15, -0.1) is 0 Å². The molecule has 2 aromatic heterocycles. The highest BCUT2D eigenvalue weighted by molar-refractivity contribution is 9.10. The maximum Gasteiger partial charge on any atom is 0.152 e. The van der Waals surface area contributed by atoms with E-state index in [1.165, 1.54) is 0 Å². The molecule has 0 aliphatic carbocycles. The lowest BCUT2D eigenvalue weighted by Crippen LogP contribution is -2.08. The number of hydrogen-bond donors (Lipinski definition) is 1. The molecule has 2 rings (SSSR count). The molecule has 2 heterocycles. The Morgan fingerprint density at radius 1 is 1.50 bits per heavy atom. The molecular weight excluding hydrogens is 316 g/mol. The molecule has 0 saturated heterocycles. The zero-order valence-electron chi connectivity index (χ0n) is 10.4. The van der Waals surface area contributed by atoms with Crippen LogP contribution in [0.5, 0.6) is 0 Å². The summed E-state index contributed by atoms with van der Waals surface area (Å²) in [6, 6.07) is 2.03. The average Bonchev–Trinajstić information content (AvgIpc) is 2.63. The van der Waals surface area contributed by atoms with Crippen molar-refractivity contribution in [2.24, 2.45) is 7.05 Å². The van der Waals surface area contributed by atoms with Gasteiger partial charge in [0.05, 0.1) is 17.4 Å². The number of hydrogen-bond acceptors (Lipinski definition) is 3. The van der Waals surface area contributed by atoms with Crippen LogP contribution in [0.4, 0.5) is 5.69 Å². The summed E-state index contributed by atoms with van der Waals surface area (Å²) in [6.07, 6.45) is 3.68. The van der Waals surface area contributed by atoms with Gasteiger partial charge in [-0.1, -0.05) is 11.6 Å². The topological polar surface area (TPSA) is 42.7 Å². The number of anilines is 1. The summed E-state index contributed by atoms with van der Waals surface area (Å²) in [5.41, 5.74) is 2.96. The second-order valence-electron chi connectivity index (χ2n) is 4.20. The van der Waals surface area contributed by atoms with Crippen molar-refractivity contribution >= 4 is 33.2 Å². The number of rotatable bonds is 3. The van der Waals surface area contributed by atoms with Crippen LogP contribution < -0.4 is 5.32 Å². The number of nitrogens with zero attached hydrogens (tertiary/aromatic N) is 3. The largest absolute Gasteiger partial charge is 0.376 e. The maximum absolute atomic E-state index is 6.06. The van der Waals surface area contributed by atoms with E-state index >= 15 is 0 Å². The van der Waals surface area contributed by atoms with E-state index in [0.717, 1.165) is 21.4 Å². The third-order valence-electron chi connectivity index (χ3n) is 2.70. The Kier molecular flexibility index (Phi) is 3.92. The van der Waals surface area contributed by atoms with Gasteiger partial charge in [0.25, 0.3) is 0 Å². The summed E-state index contributed by atoms with van der Waals surface area (Å²) in [7, 11) is 1.91. The van der Waals surface area contributed by atoms with Crippen LogP contribution in [0.1, 0.15) is 24.2 Å². The van der Waals surface area contributed by atoms with Gasteiger partial charge in [0.15, 0.2) is 5.15 Å². The van der Waals surface area contributed by atoms with Crippen molar-refractivity contribution in [2.45, 2.75) is 19.9 Å². The molecule has 0 aromatic carbocycles. The Labute approximate surface area is 119 Å². The minimum Gasteiger partial charge on any atom is -0.376 e. The van der Waals surface area contributed by atoms with Crippen molar-refractivity contribution < 1.29 is 0 Å². The zero-order chi connectivity index (χ0) is 13.3. The molecule has 2 aromatic rings. The van der Waals surface area contributed by atoms with Crippen LogP contribution in [0.2, 0.25) is 5.15 Å². The van der Waals surface area contributed by atoms with Crippen LogP contribution in [0.25, 0.3) is 0 Å². The molecule has 0 aliphatic rings. The molecule has 96 valence electrons. The number of aromatic nitrogens is 3. The molecule has 0 saturated carbocycles. The molecule has 1 atom stereocenters. The lowest BCUT2D eigenvalue weighted by Gasteiger charge is -2.15. The third-order valence-corrected chi connectivity index (χ3v) is 3.43. The predicted molar refractivity (Wildman–Crippen MR) is 76.9 cm³/mol. The summed E-state index contributed by atoms with van der Waals surface area (Å²) in [6.45, 7) is 4.07. The summed E-state index contributed by atoms with van der Waals surface area (Å²) in [5.74, 6) is 0. The van der Waals surface area contributed by atoms with E-state index in [9.17, 15) is 0 Å². The first kappa shape index (κ1) is 13.4. The van der Waals surface area contributed by atoms with E-state index in [0.29, 0.717) is 5.15 Å². The van der Waals surface area contributed by atoms with Crippen LogP contribution in [0.3, 0.4) is 0 Å². The minimum atomic E-state index is 0.118. The fraction of sp³-hybridized carbons (Fsp3) is 0.333. The van der Waals surface area contributed by atoms with Gasteiger partial charge in [0.2, 0.25) is 0 Å². The smallest absolute Gasteiger partial charge is 0.152 e. The molecule has 0 bridgehead atoms. The summed E-state index contributed by atoms with van der Waals surface area (Å²) < 4.78 is 2.70. The monoisotopic (exact) mass is 328 g/mol. The minimum absolute atomic E-state index is 0.118. The Bertz CT molecular complexity index is 567. The number of halogens is 2.